The van der Waals surface area contributed by atoms with Gasteiger partial charge in [-0.15, -0.1) is 0 Å². The smallest absolute Gasteiger partial charge is 0.315 e. The standard InChI is InChI=1S/C15H25N3O2/c1-15(2,12-6-8-13(20-5)9-7-12)17-14(19)16-10-11-18(3)4/h6-9H,10-11H2,1-5H3,(H2,16,17,19). The number of urea groups is 1. The summed E-state index contributed by atoms with van der Waals surface area (Å²) in [7, 11) is 5.58. The number of nitrogens with zero attached hydrogens (tertiary/aromatic N) is 1. The Morgan fingerprint density at radius 2 is 1.85 bits per heavy atom. The van der Waals surface area contributed by atoms with Crippen LogP contribution in [0.4, 0.5) is 4.79 Å². The second-order valence-corrected chi connectivity index (χ2v) is 5.54. The zero-order chi connectivity index (χ0) is 15.2. The van der Waals surface area contributed by atoms with Crippen LogP contribution in [-0.4, -0.2) is 45.2 Å². The Labute approximate surface area is 121 Å². The van der Waals surface area contributed by atoms with E-state index in [9.17, 15) is 4.79 Å². The summed E-state index contributed by atoms with van der Waals surface area (Å²) in [4.78, 5) is 13.9. The minimum Gasteiger partial charge on any atom is -0.497 e. The van der Waals surface area contributed by atoms with Gasteiger partial charge in [-0.3, -0.25) is 0 Å². The van der Waals surface area contributed by atoms with Crippen LogP contribution in [0.5, 0.6) is 5.75 Å². The molecule has 2 amide bonds. The summed E-state index contributed by atoms with van der Waals surface area (Å²) in [5.74, 6) is 0.806. The Morgan fingerprint density at radius 3 is 2.35 bits per heavy atom. The maximum atomic E-state index is 11.9. The van der Waals surface area contributed by atoms with Gasteiger partial charge in [0.1, 0.15) is 5.75 Å². The van der Waals surface area contributed by atoms with Gasteiger partial charge in [0.25, 0.3) is 0 Å². The van der Waals surface area contributed by atoms with E-state index in [1.54, 1.807) is 7.11 Å². The molecule has 0 unspecified atom stereocenters. The van der Waals surface area contributed by atoms with E-state index in [2.05, 4.69) is 10.6 Å². The molecule has 0 radical (unpaired) electrons. The summed E-state index contributed by atoms with van der Waals surface area (Å²) in [6.07, 6.45) is 0. The molecule has 0 aliphatic heterocycles. The summed E-state index contributed by atoms with van der Waals surface area (Å²) in [5.41, 5.74) is 0.593. The number of methoxy groups -OCH3 is 1. The van der Waals surface area contributed by atoms with Crippen molar-refractivity contribution in [3.05, 3.63) is 29.8 Å². The van der Waals surface area contributed by atoms with Crippen molar-refractivity contribution >= 4 is 6.03 Å². The molecule has 0 spiro atoms. The highest BCUT2D eigenvalue weighted by Gasteiger charge is 2.22. The SMILES string of the molecule is COc1ccc(C(C)(C)NC(=O)NCCN(C)C)cc1. The first-order valence-corrected chi connectivity index (χ1v) is 6.70. The monoisotopic (exact) mass is 279 g/mol. The Kier molecular flexibility index (Phi) is 5.82. The van der Waals surface area contributed by atoms with Crippen molar-refractivity contribution in [1.29, 1.82) is 0 Å². The Morgan fingerprint density at radius 1 is 1.25 bits per heavy atom. The van der Waals surface area contributed by atoms with Crippen LogP contribution in [0.15, 0.2) is 24.3 Å². The molecule has 0 aliphatic rings. The molecule has 5 nitrogen and oxygen atoms in total. The molecule has 0 atom stereocenters. The highest BCUT2D eigenvalue weighted by molar-refractivity contribution is 5.75. The first kappa shape index (κ1) is 16.3. The first-order valence-electron chi connectivity index (χ1n) is 6.70. The predicted molar refractivity (Wildman–Crippen MR) is 81.1 cm³/mol. The van der Waals surface area contributed by atoms with Crippen LogP contribution in [0.2, 0.25) is 0 Å². The van der Waals surface area contributed by atoms with Gasteiger partial charge in [0.15, 0.2) is 0 Å². The second kappa shape index (κ2) is 7.14. The highest BCUT2D eigenvalue weighted by atomic mass is 16.5. The van der Waals surface area contributed by atoms with Crippen molar-refractivity contribution < 1.29 is 9.53 Å². The van der Waals surface area contributed by atoms with E-state index in [-0.39, 0.29) is 6.03 Å². The molecule has 0 fully saturated rings. The largest absolute Gasteiger partial charge is 0.497 e. The number of nitrogens with one attached hydrogen (secondary N) is 2. The van der Waals surface area contributed by atoms with Gasteiger partial charge in [0.05, 0.1) is 12.6 Å². The minimum atomic E-state index is -0.436. The molecule has 20 heavy (non-hydrogen) atoms. The number of hydrogen-bond donors (Lipinski definition) is 2. The van der Waals surface area contributed by atoms with E-state index in [1.165, 1.54) is 0 Å². The predicted octanol–water partition coefficient (Wildman–Crippen LogP) is 1.79. The minimum absolute atomic E-state index is 0.160. The fraction of sp³-hybridized carbons (Fsp3) is 0.533. The van der Waals surface area contributed by atoms with E-state index < -0.39 is 5.54 Å². The molecule has 0 bridgehead atoms. The molecule has 0 saturated heterocycles. The number of rotatable bonds is 6. The van der Waals surface area contributed by atoms with E-state index in [4.69, 9.17) is 4.74 Å². The van der Waals surface area contributed by atoms with Crippen LogP contribution in [0.3, 0.4) is 0 Å². The lowest BCUT2D eigenvalue weighted by atomic mass is 9.94. The number of benzene rings is 1. The van der Waals surface area contributed by atoms with Gasteiger partial charge in [0, 0.05) is 13.1 Å². The number of carbonyl (C=O) groups excluding carboxylic acids is 1. The molecule has 1 rings (SSSR count). The topological polar surface area (TPSA) is 53.6 Å². The van der Waals surface area contributed by atoms with Gasteiger partial charge in [-0.1, -0.05) is 12.1 Å². The summed E-state index contributed by atoms with van der Waals surface area (Å²) in [6, 6.07) is 7.54. The van der Waals surface area contributed by atoms with Crippen molar-refractivity contribution in [2.24, 2.45) is 0 Å². The number of likely N-dealkylation sites (N-methyl/N-ethyl adjacent to an activating group) is 1. The number of hydrogen-bond acceptors (Lipinski definition) is 3. The van der Waals surface area contributed by atoms with Gasteiger partial charge in [-0.05, 0) is 45.6 Å². The van der Waals surface area contributed by atoms with Crippen LogP contribution in [0.1, 0.15) is 19.4 Å². The van der Waals surface area contributed by atoms with E-state index >= 15 is 0 Å². The lowest BCUT2D eigenvalue weighted by Gasteiger charge is -2.27. The van der Waals surface area contributed by atoms with Crippen molar-refractivity contribution in [3.8, 4) is 5.75 Å². The lowest BCUT2D eigenvalue weighted by Crippen LogP contribution is -2.47. The molecular formula is C15H25N3O2. The molecule has 0 aromatic heterocycles. The third kappa shape index (κ3) is 5.09. The van der Waals surface area contributed by atoms with Crippen molar-refractivity contribution in [2.45, 2.75) is 19.4 Å². The molecule has 2 N–H and O–H groups in total. The Hall–Kier alpha value is -1.75. The van der Waals surface area contributed by atoms with Gasteiger partial charge in [-0.2, -0.15) is 0 Å². The molecule has 1 aromatic carbocycles. The van der Waals surface area contributed by atoms with Gasteiger partial charge >= 0.3 is 6.03 Å². The third-order valence-electron chi connectivity index (χ3n) is 3.08. The van der Waals surface area contributed by atoms with Crippen LogP contribution < -0.4 is 15.4 Å². The maximum absolute atomic E-state index is 11.9. The fourth-order valence-corrected chi connectivity index (χ4v) is 1.80. The number of ether oxygens (including phenoxy) is 1. The Balaban J connectivity index is 2.56. The molecule has 5 heteroatoms. The molecular weight excluding hydrogens is 254 g/mol. The van der Waals surface area contributed by atoms with Crippen LogP contribution in [0.25, 0.3) is 0 Å². The molecule has 0 saturated carbocycles. The van der Waals surface area contributed by atoms with Crippen molar-refractivity contribution in [1.82, 2.24) is 15.5 Å². The zero-order valence-electron chi connectivity index (χ0n) is 13.0. The molecule has 0 heterocycles. The highest BCUT2D eigenvalue weighted by Crippen LogP contribution is 2.22. The summed E-state index contributed by atoms with van der Waals surface area (Å²) < 4.78 is 5.13. The summed E-state index contributed by atoms with van der Waals surface area (Å²) >= 11 is 0. The molecule has 0 aliphatic carbocycles. The first-order chi connectivity index (χ1) is 9.35. The lowest BCUT2D eigenvalue weighted by molar-refractivity contribution is 0.228. The zero-order valence-corrected chi connectivity index (χ0v) is 13.0. The Bertz CT molecular complexity index is 427. The van der Waals surface area contributed by atoms with Crippen LogP contribution in [0, 0.1) is 0 Å². The fourth-order valence-electron chi connectivity index (χ4n) is 1.80. The van der Waals surface area contributed by atoms with Crippen LogP contribution >= 0.6 is 0 Å². The van der Waals surface area contributed by atoms with E-state index in [0.717, 1.165) is 17.9 Å². The number of carbonyl (C=O) groups is 1. The maximum Gasteiger partial charge on any atom is 0.315 e. The van der Waals surface area contributed by atoms with Crippen molar-refractivity contribution in [3.63, 3.8) is 0 Å². The van der Waals surface area contributed by atoms with Gasteiger partial charge < -0.3 is 20.3 Å². The van der Waals surface area contributed by atoms with Crippen LogP contribution in [-0.2, 0) is 5.54 Å². The number of amides is 2. The molecule has 112 valence electrons. The quantitative estimate of drug-likeness (QED) is 0.835. The molecule has 1 aromatic rings. The van der Waals surface area contributed by atoms with Gasteiger partial charge in [0.2, 0.25) is 0 Å². The average molecular weight is 279 g/mol. The van der Waals surface area contributed by atoms with Crippen molar-refractivity contribution in [2.75, 3.05) is 34.3 Å². The van der Waals surface area contributed by atoms with E-state index in [1.807, 2.05) is 57.1 Å². The summed E-state index contributed by atoms with van der Waals surface area (Å²) in [5, 5.41) is 5.82. The normalized spacial score (nSPS) is 11.3. The second-order valence-electron chi connectivity index (χ2n) is 5.54. The summed E-state index contributed by atoms with van der Waals surface area (Å²) in [6.45, 7) is 5.38. The van der Waals surface area contributed by atoms with Gasteiger partial charge in [-0.25, -0.2) is 4.79 Å². The van der Waals surface area contributed by atoms with E-state index in [0.29, 0.717) is 6.54 Å². The third-order valence-corrected chi connectivity index (χ3v) is 3.08. The average Bonchev–Trinajstić information content (AvgIpc) is 2.37.